The summed E-state index contributed by atoms with van der Waals surface area (Å²) in [6.45, 7) is 11.1. The van der Waals surface area contributed by atoms with E-state index in [-0.39, 0.29) is 12.5 Å². The topological polar surface area (TPSA) is 106 Å². The van der Waals surface area contributed by atoms with Crippen LogP contribution in [0.2, 0.25) is 0 Å². The van der Waals surface area contributed by atoms with Gasteiger partial charge in [0, 0.05) is 12.0 Å². The molecule has 2 aliphatic rings. The molecule has 200 valence electrons. The van der Waals surface area contributed by atoms with Gasteiger partial charge >= 0.3 is 7.12 Å². The predicted octanol–water partition coefficient (Wildman–Crippen LogP) is 3.13. The molecule has 0 bridgehead atoms. The minimum atomic E-state index is -0.813. The second-order valence-electron chi connectivity index (χ2n) is 10.9. The summed E-state index contributed by atoms with van der Waals surface area (Å²) in [7, 11) is -0.702. The van der Waals surface area contributed by atoms with Crippen molar-refractivity contribution in [3.8, 4) is 0 Å². The summed E-state index contributed by atoms with van der Waals surface area (Å²) in [6, 6.07) is 16.5. The molecule has 3 amide bonds. The highest BCUT2D eigenvalue weighted by Gasteiger charge is 2.54. The van der Waals surface area contributed by atoms with Gasteiger partial charge in [-0.05, 0) is 63.8 Å². The van der Waals surface area contributed by atoms with Crippen molar-refractivity contribution in [1.29, 1.82) is 0 Å². The lowest BCUT2D eigenvalue weighted by Crippen LogP contribution is -2.49. The third-order valence-electron chi connectivity index (χ3n) is 7.70. The summed E-state index contributed by atoms with van der Waals surface area (Å²) in [4.78, 5) is 38.5. The van der Waals surface area contributed by atoms with Crippen molar-refractivity contribution in [2.75, 3.05) is 6.54 Å². The highest BCUT2D eigenvalue weighted by atomic mass is 16.7. The van der Waals surface area contributed by atoms with Gasteiger partial charge in [-0.25, -0.2) is 0 Å². The Bertz CT molecular complexity index is 1240. The normalized spacial score (nSPS) is 18.9. The number of nitrogens with one attached hydrogen (secondary N) is 3. The van der Waals surface area contributed by atoms with Crippen LogP contribution in [0.1, 0.15) is 64.2 Å². The molecule has 1 saturated heterocycles. The van der Waals surface area contributed by atoms with Crippen LogP contribution in [-0.2, 0) is 30.1 Å². The molecular formula is C29H36BN3O5. The van der Waals surface area contributed by atoms with Crippen molar-refractivity contribution in [3.63, 3.8) is 0 Å². The molecule has 0 aromatic heterocycles. The maximum absolute atomic E-state index is 12.9. The molecule has 1 aliphatic carbocycles. The van der Waals surface area contributed by atoms with Crippen LogP contribution in [0.15, 0.2) is 60.2 Å². The fourth-order valence-corrected chi connectivity index (χ4v) is 4.66. The molecule has 1 unspecified atom stereocenters. The molecule has 0 saturated carbocycles. The molecule has 9 heteroatoms. The second-order valence-corrected chi connectivity index (χ2v) is 10.9. The summed E-state index contributed by atoms with van der Waals surface area (Å²) in [5, 5.41) is 8.33. The molecule has 3 N–H and O–H groups in total. The van der Waals surface area contributed by atoms with E-state index in [0.717, 1.165) is 22.3 Å². The van der Waals surface area contributed by atoms with Gasteiger partial charge in [0.15, 0.2) is 0 Å². The Labute approximate surface area is 224 Å². The molecule has 4 rings (SSSR count). The Hall–Kier alpha value is -3.43. The molecule has 1 aliphatic heterocycles. The van der Waals surface area contributed by atoms with Crippen molar-refractivity contribution in [2.24, 2.45) is 0 Å². The van der Waals surface area contributed by atoms with Gasteiger partial charge < -0.3 is 25.3 Å². The predicted molar refractivity (Wildman–Crippen MR) is 147 cm³/mol. The van der Waals surface area contributed by atoms with Crippen molar-refractivity contribution < 1.29 is 23.7 Å². The van der Waals surface area contributed by atoms with E-state index in [1.54, 1.807) is 6.92 Å². The summed E-state index contributed by atoms with van der Waals surface area (Å²) in [5.41, 5.74) is 3.42. The van der Waals surface area contributed by atoms with Crippen LogP contribution in [0.25, 0.3) is 5.57 Å². The van der Waals surface area contributed by atoms with Crippen LogP contribution in [0.3, 0.4) is 0 Å². The minimum absolute atomic E-state index is 0.255. The SMILES string of the molecule is CC1=C(C(=O)N[C@H](C)C(=O)NCC(=O)NC(B2OC(C)(C)C(C)(C)O2)c2ccccc2)Cc2ccccc21. The first-order chi connectivity index (χ1) is 17.9. The van der Waals surface area contributed by atoms with Gasteiger partial charge in [-0.3, -0.25) is 14.4 Å². The maximum atomic E-state index is 12.9. The lowest BCUT2D eigenvalue weighted by molar-refractivity contribution is -0.129. The highest BCUT2D eigenvalue weighted by Crippen LogP contribution is 2.40. The summed E-state index contributed by atoms with van der Waals surface area (Å²) in [5.74, 6) is -1.70. The summed E-state index contributed by atoms with van der Waals surface area (Å²) < 4.78 is 12.4. The first-order valence-corrected chi connectivity index (χ1v) is 13.0. The van der Waals surface area contributed by atoms with E-state index < -0.39 is 42.1 Å². The van der Waals surface area contributed by atoms with Gasteiger partial charge in [0.1, 0.15) is 6.04 Å². The number of amides is 3. The van der Waals surface area contributed by atoms with Crippen LogP contribution in [0.4, 0.5) is 0 Å². The molecular weight excluding hydrogens is 481 g/mol. The number of carbonyl (C=O) groups is 3. The van der Waals surface area contributed by atoms with Crippen molar-refractivity contribution >= 4 is 30.4 Å². The quantitative estimate of drug-likeness (QED) is 0.467. The van der Waals surface area contributed by atoms with E-state index in [1.807, 2.05) is 89.2 Å². The zero-order chi connectivity index (χ0) is 27.7. The molecule has 1 heterocycles. The Kier molecular flexibility index (Phi) is 7.81. The molecule has 0 radical (unpaired) electrons. The zero-order valence-corrected chi connectivity index (χ0v) is 22.9. The van der Waals surface area contributed by atoms with E-state index in [9.17, 15) is 14.4 Å². The Morgan fingerprint density at radius 1 is 0.921 bits per heavy atom. The van der Waals surface area contributed by atoms with Gasteiger partial charge in [0.05, 0.1) is 23.7 Å². The van der Waals surface area contributed by atoms with Crippen LogP contribution in [0.5, 0.6) is 0 Å². The number of allylic oxidation sites excluding steroid dienone is 1. The average Bonchev–Trinajstić information content (AvgIpc) is 3.32. The Morgan fingerprint density at radius 3 is 2.16 bits per heavy atom. The number of benzene rings is 2. The molecule has 0 spiro atoms. The average molecular weight is 517 g/mol. The molecule has 2 aromatic rings. The number of rotatable bonds is 8. The van der Waals surface area contributed by atoms with Crippen molar-refractivity contribution in [1.82, 2.24) is 16.0 Å². The minimum Gasteiger partial charge on any atom is -0.402 e. The van der Waals surface area contributed by atoms with Gasteiger partial charge in [-0.15, -0.1) is 0 Å². The smallest absolute Gasteiger partial charge is 0.402 e. The maximum Gasteiger partial charge on any atom is 0.486 e. The standard InChI is InChI=1S/C29H36BN3O5/c1-18-22-15-11-10-14-21(22)16-23(18)27(36)32-19(2)26(35)31-17-24(34)33-25(20-12-8-7-9-13-20)30-37-28(3,4)29(5,6)38-30/h7-15,19,25H,16-17H2,1-6H3,(H,31,35)(H,32,36)(H,33,34)/t19-,25?/m1/s1. The summed E-state index contributed by atoms with van der Waals surface area (Å²) in [6.07, 6.45) is 0.532. The first-order valence-electron chi connectivity index (χ1n) is 13.0. The molecule has 8 nitrogen and oxygen atoms in total. The molecule has 2 aromatic carbocycles. The first kappa shape index (κ1) is 27.6. The van der Waals surface area contributed by atoms with Gasteiger partial charge in [-0.1, -0.05) is 54.6 Å². The number of fused-ring (bicyclic) bond motifs is 1. The summed E-state index contributed by atoms with van der Waals surface area (Å²) >= 11 is 0. The number of carbonyl (C=O) groups excluding carboxylic acids is 3. The monoisotopic (exact) mass is 517 g/mol. The lowest BCUT2D eigenvalue weighted by atomic mass is 9.74. The zero-order valence-electron chi connectivity index (χ0n) is 22.9. The number of hydrogen-bond donors (Lipinski definition) is 3. The lowest BCUT2D eigenvalue weighted by Gasteiger charge is -2.32. The Morgan fingerprint density at radius 2 is 1.53 bits per heavy atom. The van der Waals surface area contributed by atoms with E-state index >= 15 is 0 Å². The van der Waals surface area contributed by atoms with Crippen LogP contribution in [-0.4, -0.2) is 48.6 Å². The third-order valence-corrected chi connectivity index (χ3v) is 7.70. The van der Waals surface area contributed by atoms with Crippen molar-refractivity contribution in [3.05, 3.63) is 76.9 Å². The third kappa shape index (κ3) is 5.69. The van der Waals surface area contributed by atoms with E-state index in [0.29, 0.717) is 12.0 Å². The highest BCUT2D eigenvalue weighted by molar-refractivity contribution is 6.47. The second kappa shape index (κ2) is 10.7. The van der Waals surface area contributed by atoms with E-state index in [4.69, 9.17) is 9.31 Å². The van der Waals surface area contributed by atoms with Gasteiger partial charge in [0.25, 0.3) is 0 Å². The number of hydrogen-bond acceptors (Lipinski definition) is 5. The van der Waals surface area contributed by atoms with Crippen LogP contribution >= 0.6 is 0 Å². The molecule has 2 atom stereocenters. The Balaban J connectivity index is 1.34. The van der Waals surface area contributed by atoms with Crippen LogP contribution in [0, 0.1) is 0 Å². The fraction of sp³-hybridized carbons (Fsp3) is 0.414. The van der Waals surface area contributed by atoms with E-state index in [1.165, 1.54) is 0 Å². The fourth-order valence-electron chi connectivity index (χ4n) is 4.66. The van der Waals surface area contributed by atoms with Gasteiger partial charge in [0.2, 0.25) is 17.7 Å². The van der Waals surface area contributed by atoms with Crippen LogP contribution < -0.4 is 16.0 Å². The van der Waals surface area contributed by atoms with E-state index in [2.05, 4.69) is 16.0 Å². The van der Waals surface area contributed by atoms with Crippen molar-refractivity contribution in [2.45, 2.75) is 71.1 Å². The van der Waals surface area contributed by atoms with Gasteiger partial charge in [-0.2, -0.15) is 0 Å². The molecule has 1 fully saturated rings. The molecule has 38 heavy (non-hydrogen) atoms. The largest absolute Gasteiger partial charge is 0.486 e.